The number of rotatable bonds is 8. The van der Waals surface area contributed by atoms with E-state index >= 15 is 0 Å². The van der Waals surface area contributed by atoms with E-state index in [0.29, 0.717) is 22.0 Å². The van der Waals surface area contributed by atoms with Crippen LogP contribution >= 0.6 is 0 Å². The van der Waals surface area contributed by atoms with Gasteiger partial charge in [0.15, 0.2) is 0 Å². The molecule has 0 aliphatic carbocycles. The van der Waals surface area contributed by atoms with E-state index in [-0.39, 0.29) is 29.3 Å². The normalized spacial score (nSPS) is 16.8. The van der Waals surface area contributed by atoms with Crippen molar-refractivity contribution in [2.24, 2.45) is 0 Å². The molecule has 12 heteroatoms. The van der Waals surface area contributed by atoms with Crippen LogP contribution in [0.25, 0.3) is 10.9 Å². The zero-order valence-corrected chi connectivity index (χ0v) is 25.3. The van der Waals surface area contributed by atoms with Crippen LogP contribution in [-0.2, 0) is 25.7 Å². The molecule has 236 valence electrons. The molecule has 0 fully saturated rings. The highest BCUT2D eigenvalue weighted by atomic mass is 32.2. The summed E-state index contributed by atoms with van der Waals surface area (Å²) < 4.78 is 74.8. The molecule has 6 rings (SSSR count). The summed E-state index contributed by atoms with van der Waals surface area (Å²) in [4.78, 5) is 29.8. The maximum absolute atomic E-state index is 14.3. The number of methoxy groups -OCH3 is 1. The number of hydrogen-bond acceptors (Lipinski definition) is 5. The number of ether oxygens (including phenoxy) is 1. The minimum absolute atomic E-state index is 0.0439. The predicted octanol–water partition coefficient (Wildman–Crippen LogP) is 6.46. The van der Waals surface area contributed by atoms with Crippen LogP contribution in [0, 0.1) is 0 Å². The second-order valence-corrected chi connectivity index (χ2v) is 12.6. The van der Waals surface area contributed by atoms with Crippen LogP contribution < -0.4 is 5.32 Å². The van der Waals surface area contributed by atoms with Crippen molar-refractivity contribution in [3.05, 3.63) is 132 Å². The number of hydrogen-bond donors (Lipinski definition) is 1. The van der Waals surface area contributed by atoms with Gasteiger partial charge in [0, 0.05) is 42.1 Å². The van der Waals surface area contributed by atoms with Crippen molar-refractivity contribution in [3.63, 3.8) is 0 Å². The molecule has 0 spiro atoms. The molecular weight excluding hydrogens is 619 g/mol. The van der Waals surface area contributed by atoms with Crippen molar-refractivity contribution >= 4 is 38.4 Å². The monoisotopic (exact) mass is 647 g/mol. The van der Waals surface area contributed by atoms with Crippen molar-refractivity contribution in [3.8, 4) is 0 Å². The molecule has 0 unspecified atom stereocenters. The Morgan fingerprint density at radius 1 is 0.891 bits per heavy atom. The minimum atomic E-state index is -4.63. The highest BCUT2D eigenvalue weighted by Gasteiger charge is 2.45. The summed E-state index contributed by atoms with van der Waals surface area (Å²) in [6.45, 7) is 0.153. The largest absolute Gasteiger partial charge is 0.416 e. The number of nitrogens with zero attached hydrogens (tertiary/aromatic N) is 2. The van der Waals surface area contributed by atoms with Crippen LogP contribution in [-0.4, -0.2) is 49.4 Å². The highest BCUT2D eigenvalue weighted by molar-refractivity contribution is 7.90. The molecule has 46 heavy (non-hydrogen) atoms. The predicted molar refractivity (Wildman–Crippen MR) is 166 cm³/mol. The zero-order chi connectivity index (χ0) is 32.6. The third-order valence-electron chi connectivity index (χ3n) is 8.04. The molecule has 0 saturated carbocycles. The number of para-hydroxylation sites is 1. The van der Waals surface area contributed by atoms with Crippen molar-refractivity contribution in [2.75, 3.05) is 25.6 Å². The van der Waals surface area contributed by atoms with Gasteiger partial charge in [0.25, 0.3) is 15.9 Å². The van der Waals surface area contributed by atoms with Crippen LogP contribution in [0.4, 0.5) is 18.9 Å². The Hall–Kier alpha value is -4.94. The van der Waals surface area contributed by atoms with Gasteiger partial charge < -0.3 is 15.0 Å². The number of halogens is 3. The fourth-order valence-corrected chi connectivity index (χ4v) is 7.36. The maximum Gasteiger partial charge on any atom is 0.416 e. The van der Waals surface area contributed by atoms with Crippen LogP contribution in [0.1, 0.15) is 39.0 Å². The van der Waals surface area contributed by atoms with E-state index in [2.05, 4.69) is 5.32 Å². The van der Waals surface area contributed by atoms with Gasteiger partial charge in [-0.05, 0) is 48.0 Å². The first kappa shape index (κ1) is 31.1. The third kappa shape index (κ3) is 5.54. The molecule has 1 aliphatic heterocycles. The van der Waals surface area contributed by atoms with E-state index in [4.69, 9.17) is 4.74 Å². The molecule has 5 aromatic rings. The molecule has 1 N–H and O–H groups in total. The van der Waals surface area contributed by atoms with Gasteiger partial charge in [0.2, 0.25) is 5.91 Å². The summed E-state index contributed by atoms with van der Waals surface area (Å²) in [5.74, 6) is -2.21. The second-order valence-electron chi connectivity index (χ2n) is 10.8. The van der Waals surface area contributed by atoms with Crippen LogP contribution in [0.2, 0.25) is 0 Å². The zero-order valence-electron chi connectivity index (χ0n) is 24.4. The minimum Gasteiger partial charge on any atom is -0.383 e. The van der Waals surface area contributed by atoms with E-state index in [1.807, 2.05) is 0 Å². The van der Waals surface area contributed by atoms with Gasteiger partial charge in [0.1, 0.15) is 0 Å². The van der Waals surface area contributed by atoms with Crippen LogP contribution in [0.3, 0.4) is 0 Å². The third-order valence-corrected chi connectivity index (χ3v) is 9.73. The lowest BCUT2D eigenvalue weighted by Crippen LogP contribution is -2.47. The first-order chi connectivity index (χ1) is 22.0. The Bertz CT molecular complexity index is 2040. The average molecular weight is 648 g/mol. The fourth-order valence-electron chi connectivity index (χ4n) is 5.97. The average Bonchev–Trinajstić information content (AvgIpc) is 3.44. The second kappa shape index (κ2) is 12.1. The first-order valence-corrected chi connectivity index (χ1v) is 15.7. The molecule has 0 radical (unpaired) electrons. The lowest BCUT2D eigenvalue weighted by atomic mass is 9.79. The summed E-state index contributed by atoms with van der Waals surface area (Å²) in [7, 11) is -2.65. The van der Waals surface area contributed by atoms with Crippen LogP contribution in [0.5, 0.6) is 0 Å². The number of nitrogens with one attached hydrogen (secondary N) is 1. The van der Waals surface area contributed by atoms with Gasteiger partial charge in [-0.25, -0.2) is 12.4 Å². The summed E-state index contributed by atoms with van der Waals surface area (Å²) in [6, 6.07) is 24.4. The summed E-state index contributed by atoms with van der Waals surface area (Å²) in [5.41, 5.74) is 0.301. The Balaban J connectivity index is 1.56. The van der Waals surface area contributed by atoms with Crippen molar-refractivity contribution in [1.29, 1.82) is 0 Å². The van der Waals surface area contributed by atoms with Gasteiger partial charge in [-0.15, -0.1) is 0 Å². The lowest BCUT2D eigenvalue weighted by Gasteiger charge is -2.41. The molecular formula is C34H28F3N3O5S. The van der Waals surface area contributed by atoms with E-state index < -0.39 is 45.5 Å². The summed E-state index contributed by atoms with van der Waals surface area (Å²) in [5, 5.41) is 3.12. The highest BCUT2D eigenvalue weighted by Crippen LogP contribution is 2.46. The number of anilines is 1. The number of benzene rings is 4. The van der Waals surface area contributed by atoms with E-state index in [1.54, 1.807) is 66.7 Å². The molecule has 1 aliphatic rings. The topological polar surface area (TPSA) is 97.7 Å². The quantitative estimate of drug-likeness (QED) is 0.209. The van der Waals surface area contributed by atoms with Gasteiger partial charge in [0.05, 0.1) is 34.5 Å². The van der Waals surface area contributed by atoms with E-state index in [1.165, 1.54) is 42.5 Å². The van der Waals surface area contributed by atoms with E-state index in [0.717, 1.165) is 16.1 Å². The summed E-state index contributed by atoms with van der Waals surface area (Å²) >= 11 is 0. The number of fused-ring (bicyclic) bond motifs is 2. The standard InChI is InChI=1S/C34H28F3N3O5S/c1-45-19-18-39-31(28-21-40(29-17-8-7-14-25(28)29)46(43,44)24-12-3-2-4-13-24)30(26-15-5-6-16-27(26)33(39)42)32(41)38-23-11-9-10-22(20-23)34(35,36)37/h2-17,20-21,30-31H,18-19H2,1H3,(H,38,41)/t30-,31+/m1/s1. The molecule has 2 amide bonds. The number of alkyl halides is 3. The molecule has 2 atom stereocenters. The molecule has 8 nitrogen and oxygen atoms in total. The van der Waals surface area contributed by atoms with Gasteiger partial charge in [-0.1, -0.05) is 60.7 Å². The lowest BCUT2D eigenvalue weighted by molar-refractivity contribution is -0.137. The van der Waals surface area contributed by atoms with E-state index in [9.17, 15) is 31.2 Å². The SMILES string of the molecule is COCCN1C(=O)c2ccccc2[C@@H](C(=O)Nc2cccc(C(F)(F)F)c2)[C@@H]1c1cn(S(=O)(=O)c2ccccc2)c2ccccc12. The molecule has 4 aromatic carbocycles. The maximum atomic E-state index is 14.3. The fraction of sp³-hybridized carbons (Fsp3) is 0.176. The molecule has 0 saturated heterocycles. The first-order valence-electron chi connectivity index (χ1n) is 14.3. The Morgan fingerprint density at radius 2 is 1.59 bits per heavy atom. The molecule has 0 bridgehead atoms. The van der Waals surface area contributed by atoms with Crippen molar-refractivity contribution in [2.45, 2.75) is 23.0 Å². The number of amides is 2. The van der Waals surface area contributed by atoms with Gasteiger partial charge >= 0.3 is 6.18 Å². The number of carbonyl (C=O) groups excluding carboxylic acids is 2. The number of aromatic nitrogens is 1. The van der Waals surface area contributed by atoms with Crippen molar-refractivity contribution < 1.29 is 35.9 Å². The van der Waals surface area contributed by atoms with Gasteiger partial charge in [-0.2, -0.15) is 13.2 Å². The summed E-state index contributed by atoms with van der Waals surface area (Å²) in [6.07, 6.45) is -3.21. The van der Waals surface area contributed by atoms with Crippen molar-refractivity contribution in [1.82, 2.24) is 8.87 Å². The smallest absolute Gasteiger partial charge is 0.383 e. The molecule has 1 aromatic heterocycles. The Kier molecular flexibility index (Phi) is 8.17. The number of carbonyl (C=O) groups is 2. The Morgan fingerprint density at radius 3 is 2.33 bits per heavy atom. The molecule has 2 heterocycles. The Labute approximate surface area is 263 Å². The van der Waals surface area contributed by atoms with Gasteiger partial charge in [-0.3, -0.25) is 9.59 Å². The van der Waals surface area contributed by atoms with Crippen LogP contribution in [0.15, 0.2) is 114 Å².